The molecule has 3 N–H and O–H groups in total. The standard InChI is InChI=1S/C30H29N7O8S2/c1-18-10-12-19(13-11-18)29(39)47(42,43)37-16-20(15-22(37)28(38)44-2)25-26-27(36(17-32-26)24-9-5-6-14-45-24)35-30(34-25)33-21-7-3-4-8-23(21)46(31,40)41/h3-4,7-8,10-13,15-17,24H,5-6,9,14H2,1-2H3,(H2,31,40,41)(H,33,34,35). The first-order chi connectivity index (χ1) is 22.4. The number of carbonyl (C=O) groups excluding carboxylic acids is 2. The number of hydrogen-bond donors (Lipinski definition) is 2. The number of sulfonamides is 1. The van der Waals surface area contributed by atoms with Gasteiger partial charge in [0.05, 0.1) is 19.1 Å². The maximum absolute atomic E-state index is 13.7. The molecule has 0 amide bonds. The molecule has 0 saturated carbocycles. The van der Waals surface area contributed by atoms with Crippen molar-refractivity contribution in [2.45, 2.75) is 37.3 Å². The van der Waals surface area contributed by atoms with Crippen LogP contribution in [0.1, 0.15) is 51.9 Å². The van der Waals surface area contributed by atoms with E-state index in [4.69, 9.17) is 14.6 Å². The van der Waals surface area contributed by atoms with Crippen LogP contribution in [0.3, 0.4) is 0 Å². The molecule has 1 unspecified atom stereocenters. The van der Waals surface area contributed by atoms with Crippen LogP contribution in [0.4, 0.5) is 11.6 Å². The Bertz CT molecular complexity index is 2240. The molecular weight excluding hydrogens is 651 g/mol. The zero-order chi connectivity index (χ0) is 33.5. The molecule has 2 aromatic carbocycles. The molecule has 0 aliphatic carbocycles. The number of fused-ring (bicyclic) bond motifs is 1. The molecular formula is C30H29N7O8S2. The highest BCUT2D eigenvalue weighted by Crippen LogP contribution is 2.34. The van der Waals surface area contributed by atoms with Gasteiger partial charge in [0.2, 0.25) is 16.0 Å². The van der Waals surface area contributed by atoms with Crippen LogP contribution in [-0.4, -0.2) is 65.1 Å². The predicted molar refractivity (Wildman–Crippen MR) is 170 cm³/mol. The third-order valence-corrected chi connectivity index (χ3v) is 10.1. The molecule has 244 valence electrons. The lowest BCUT2D eigenvalue weighted by atomic mass is 10.2. The van der Waals surface area contributed by atoms with Crippen molar-refractivity contribution < 1.29 is 35.9 Å². The zero-order valence-electron chi connectivity index (χ0n) is 25.2. The number of methoxy groups -OCH3 is 1. The van der Waals surface area contributed by atoms with Gasteiger partial charge in [-0.15, -0.1) is 0 Å². The quantitative estimate of drug-likeness (QED) is 0.226. The minimum absolute atomic E-state index is 0.0713. The lowest BCUT2D eigenvalue weighted by Crippen LogP contribution is -2.25. The molecule has 0 spiro atoms. The van der Waals surface area contributed by atoms with Crippen molar-refractivity contribution in [2.24, 2.45) is 5.14 Å². The molecule has 47 heavy (non-hydrogen) atoms. The maximum atomic E-state index is 13.7. The molecule has 3 aromatic heterocycles. The fourth-order valence-corrected chi connectivity index (χ4v) is 7.16. The van der Waals surface area contributed by atoms with Crippen LogP contribution in [0.2, 0.25) is 0 Å². The molecule has 1 saturated heterocycles. The minimum Gasteiger partial charge on any atom is -0.464 e. The smallest absolute Gasteiger partial charge is 0.355 e. The number of rotatable bonds is 8. The lowest BCUT2D eigenvalue weighted by Gasteiger charge is -2.24. The summed E-state index contributed by atoms with van der Waals surface area (Å²) >= 11 is 0. The summed E-state index contributed by atoms with van der Waals surface area (Å²) < 4.78 is 65.0. The van der Waals surface area contributed by atoms with Gasteiger partial charge in [-0.3, -0.25) is 9.36 Å². The Morgan fingerprint density at radius 3 is 2.47 bits per heavy atom. The van der Waals surface area contributed by atoms with E-state index in [1.54, 1.807) is 29.7 Å². The number of para-hydroxylation sites is 1. The molecule has 0 bridgehead atoms. The normalized spacial score (nSPS) is 15.4. The highest BCUT2D eigenvalue weighted by atomic mass is 32.2. The number of nitrogens with zero attached hydrogens (tertiary/aromatic N) is 5. The van der Waals surface area contributed by atoms with Gasteiger partial charge in [0, 0.05) is 23.9 Å². The number of aryl methyl sites for hydroxylation is 1. The van der Waals surface area contributed by atoms with Crippen LogP contribution < -0.4 is 10.5 Å². The number of nitrogens with two attached hydrogens (primary N) is 1. The Kier molecular flexibility index (Phi) is 8.39. The van der Waals surface area contributed by atoms with Gasteiger partial charge in [-0.05, 0) is 56.5 Å². The number of nitrogens with one attached hydrogen (secondary N) is 1. The molecule has 1 aliphatic rings. The monoisotopic (exact) mass is 679 g/mol. The highest BCUT2D eigenvalue weighted by Gasteiger charge is 2.32. The Balaban J connectivity index is 1.54. The number of imidazole rings is 1. The number of primary sulfonamides is 1. The van der Waals surface area contributed by atoms with Crippen molar-refractivity contribution in [1.29, 1.82) is 0 Å². The summed E-state index contributed by atoms with van der Waals surface area (Å²) in [7, 11) is -7.90. The van der Waals surface area contributed by atoms with Crippen LogP contribution in [0.5, 0.6) is 0 Å². The molecule has 17 heteroatoms. The number of esters is 1. The van der Waals surface area contributed by atoms with E-state index in [1.165, 1.54) is 42.7 Å². The molecule has 5 aromatic rings. The molecule has 15 nitrogen and oxygen atoms in total. The largest absolute Gasteiger partial charge is 0.464 e. The Hall–Kier alpha value is -4.97. The number of ether oxygens (including phenoxy) is 2. The summed E-state index contributed by atoms with van der Waals surface area (Å²) in [6, 6.07) is 13.0. The number of benzene rings is 2. The first-order valence-electron chi connectivity index (χ1n) is 14.3. The summed E-state index contributed by atoms with van der Waals surface area (Å²) in [5.74, 6) is -1.12. The van der Waals surface area contributed by atoms with Crippen molar-refractivity contribution in [3.8, 4) is 11.3 Å². The molecule has 6 rings (SSSR count). The summed E-state index contributed by atoms with van der Waals surface area (Å²) in [6.07, 6.45) is 4.63. The SMILES string of the molecule is COC(=O)c1cc(-c2nc(Nc3ccccc3S(N)(=O)=O)nc3c2ncn3C2CCCCO2)cn1S(=O)(=O)C(=O)c1ccc(C)cc1. The van der Waals surface area contributed by atoms with Gasteiger partial charge < -0.3 is 14.8 Å². The fourth-order valence-electron chi connectivity index (χ4n) is 5.22. The van der Waals surface area contributed by atoms with E-state index in [-0.39, 0.29) is 44.5 Å². The summed E-state index contributed by atoms with van der Waals surface area (Å²) in [5, 5.41) is 7.09. The number of anilines is 2. The van der Waals surface area contributed by atoms with Gasteiger partial charge in [0.25, 0.3) is 5.12 Å². The van der Waals surface area contributed by atoms with E-state index in [9.17, 15) is 26.4 Å². The van der Waals surface area contributed by atoms with Gasteiger partial charge in [0.1, 0.15) is 28.0 Å². The fraction of sp³-hybridized carbons (Fsp3) is 0.233. The van der Waals surface area contributed by atoms with Gasteiger partial charge in [0.15, 0.2) is 5.65 Å². The van der Waals surface area contributed by atoms with Crippen LogP contribution in [0.25, 0.3) is 22.4 Å². The van der Waals surface area contributed by atoms with Crippen molar-refractivity contribution in [2.75, 3.05) is 19.0 Å². The average Bonchev–Trinajstić information content (AvgIpc) is 3.70. The van der Waals surface area contributed by atoms with E-state index in [0.717, 1.165) is 31.7 Å². The summed E-state index contributed by atoms with van der Waals surface area (Å²) in [6.45, 7) is 2.31. The van der Waals surface area contributed by atoms with Crippen LogP contribution >= 0.6 is 0 Å². The van der Waals surface area contributed by atoms with Gasteiger partial charge in [-0.2, -0.15) is 13.4 Å². The van der Waals surface area contributed by atoms with Crippen molar-refractivity contribution >= 4 is 53.9 Å². The Morgan fingerprint density at radius 2 is 1.79 bits per heavy atom. The van der Waals surface area contributed by atoms with E-state index in [2.05, 4.69) is 20.3 Å². The van der Waals surface area contributed by atoms with Crippen LogP contribution in [0, 0.1) is 6.92 Å². The minimum atomic E-state index is -4.83. The average molecular weight is 680 g/mol. The summed E-state index contributed by atoms with van der Waals surface area (Å²) in [4.78, 5) is 39.6. The molecule has 1 fully saturated rings. The van der Waals surface area contributed by atoms with Gasteiger partial charge >= 0.3 is 16.0 Å². The van der Waals surface area contributed by atoms with E-state index < -0.39 is 43.1 Å². The molecule has 0 radical (unpaired) electrons. The van der Waals surface area contributed by atoms with Gasteiger partial charge in [-0.1, -0.05) is 29.8 Å². The second-order valence-corrected chi connectivity index (χ2v) is 14.0. The second-order valence-electron chi connectivity index (χ2n) is 10.8. The zero-order valence-corrected chi connectivity index (χ0v) is 26.8. The van der Waals surface area contributed by atoms with E-state index >= 15 is 0 Å². The number of aromatic nitrogens is 5. The van der Waals surface area contributed by atoms with Crippen molar-refractivity contribution in [3.05, 3.63) is 83.9 Å². The van der Waals surface area contributed by atoms with E-state index in [1.807, 2.05) is 0 Å². The highest BCUT2D eigenvalue weighted by molar-refractivity contribution is 8.05. The maximum Gasteiger partial charge on any atom is 0.355 e. The number of carbonyl (C=O) groups is 2. The predicted octanol–water partition coefficient (Wildman–Crippen LogP) is 3.50. The second kappa shape index (κ2) is 12.3. The first kappa shape index (κ1) is 32.0. The van der Waals surface area contributed by atoms with Gasteiger partial charge in [-0.25, -0.2) is 32.3 Å². The van der Waals surface area contributed by atoms with Crippen molar-refractivity contribution in [3.63, 3.8) is 0 Å². The third kappa shape index (κ3) is 6.12. The molecule has 1 aliphatic heterocycles. The molecule has 1 atom stereocenters. The number of hydrogen-bond acceptors (Lipinski definition) is 12. The van der Waals surface area contributed by atoms with Crippen LogP contribution in [0.15, 0.2) is 72.0 Å². The lowest BCUT2D eigenvalue weighted by molar-refractivity contribution is -0.0298. The Labute approximate surface area is 269 Å². The van der Waals surface area contributed by atoms with Crippen molar-refractivity contribution in [1.82, 2.24) is 23.5 Å². The third-order valence-electron chi connectivity index (χ3n) is 7.56. The first-order valence-corrected chi connectivity index (χ1v) is 17.3. The molecule has 4 heterocycles. The topological polar surface area (TPSA) is 207 Å². The Morgan fingerprint density at radius 1 is 1.04 bits per heavy atom. The van der Waals surface area contributed by atoms with Crippen LogP contribution in [-0.2, 0) is 29.5 Å². The summed E-state index contributed by atoms with van der Waals surface area (Å²) in [5.41, 5.74) is 0.997. The van der Waals surface area contributed by atoms with E-state index in [0.29, 0.717) is 17.0 Å².